The zero-order valence-corrected chi connectivity index (χ0v) is 15.5. The van der Waals surface area contributed by atoms with E-state index in [4.69, 9.17) is 4.52 Å². The highest BCUT2D eigenvalue weighted by atomic mass is 32.2. The SMILES string of the molecule is CSc1ccccc1NC(=O)c1noc2c1C[C@@H](C(C)(C)C)CC2. The minimum atomic E-state index is -0.184. The molecule has 4 nitrogen and oxygen atoms in total. The normalized spacial score (nSPS) is 17.4. The van der Waals surface area contributed by atoms with Crippen LogP contribution < -0.4 is 5.32 Å². The highest BCUT2D eigenvalue weighted by Gasteiger charge is 2.34. The lowest BCUT2D eigenvalue weighted by atomic mass is 9.71. The van der Waals surface area contributed by atoms with Gasteiger partial charge in [-0.3, -0.25) is 4.79 Å². The summed E-state index contributed by atoms with van der Waals surface area (Å²) in [6, 6.07) is 7.79. The van der Waals surface area contributed by atoms with E-state index < -0.39 is 0 Å². The zero-order valence-electron chi connectivity index (χ0n) is 14.7. The van der Waals surface area contributed by atoms with E-state index >= 15 is 0 Å². The van der Waals surface area contributed by atoms with Crippen LogP contribution in [0.3, 0.4) is 0 Å². The van der Waals surface area contributed by atoms with Crippen LogP contribution in [0.5, 0.6) is 0 Å². The van der Waals surface area contributed by atoms with Crippen LogP contribution in [0.15, 0.2) is 33.7 Å². The molecule has 0 spiro atoms. The molecule has 3 rings (SSSR count). The van der Waals surface area contributed by atoms with Gasteiger partial charge in [0.2, 0.25) is 0 Å². The van der Waals surface area contributed by atoms with Crippen LogP contribution in [-0.2, 0) is 12.8 Å². The highest BCUT2D eigenvalue weighted by molar-refractivity contribution is 7.98. The van der Waals surface area contributed by atoms with Gasteiger partial charge in [0.1, 0.15) is 5.76 Å². The number of amides is 1. The lowest BCUT2D eigenvalue weighted by molar-refractivity contribution is 0.101. The number of fused-ring (bicyclic) bond motifs is 1. The van der Waals surface area contributed by atoms with E-state index in [1.165, 1.54) is 0 Å². The molecule has 1 aromatic carbocycles. The molecule has 1 N–H and O–H groups in total. The van der Waals surface area contributed by atoms with Crippen molar-refractivity contribution in [2.24, 2.45) is 11.3 Å². The molecule has 1 heterocycles. The summed E-state index contributed by atoms with van der Waals surface area (Å²) < 4.78 is 5.45. The van der Waals surface area contributed by atoms with Gasteiger partial charge in [0.15, 0.2) is 5.69 Å². The summed E-state index contributed by atoms with van der Waals surface area (Å²) in [6.07, 6.45) is 4.80. The van der Waals surface area contributed by atoms with Gasteiger partial charge in [-0.05, 0) is 42.6 Å². The van der Waals surface area contributed by atoms with E-state index in [1.54, 1.807) is 11.8 Å². The zero-order chi connectivity index (χ0) is 17.3. The van der Waals surface area contributed by atoms with Crippen molar-refractivity contribution in [2.45, 2.75) is 44.9 Å². The minimum absolute atomic E-state index is 0.184. The number of nitrogens with zero attached hydrogens (tertiary/aromatic N) is 1. The molecule has 0 aliphatic heterocycles. The number of aromatic nitrogens is 1. The van der Waals surface area contributed by atoms with Gasteiger partial charge in [0.05, 0.1) is 5.69 Å². The maximum absolute atomic E-state index is 12.7. The molecule has 5 heteroatoms. The third-order valence-electron chi connectivity index (χ3n) is 4.83. The molecule has 0 bridgehead atoms. The number of anilines is 1. The number of hydrogen-bond donors (Lipinski definition) is 1. The second kappa shape index (κ2) is 6.63. The first-order valence-corrected chi connectivity index (χ1v) is 9.54. The van der Waals surface area contributed by atoms with Crippen molar-refractivity contribution in [3.05, 3.63) is 41.3 Å². The van der Waals surface area contributed by atoms with Crippen molar-refractivity contribution >= 4 is 23.4 Å². The molecule has 0 fully saturated rings. The van der Waals surface area contributed by atoms with Gasteiger partial charge in [-0.1, -0.05) is 38.1 Å². The molecule has 24 heavy (non-hydrogen) atoms. The van der Waals surface area contributed by atoms with Crippen molar-refractivity contribution in [3.63, 3.8) is 0 Å². The molecule has 2 aromatic rings. The van der Waals surface area contributed by atoms with Crippen LogP contribution in [0, 0.1) is 11.3 Å². The first-order chi connectivity index (χ1) is 11.4. The Morgan fingerprint density at radius 1 is 1.33 bits per heavy atom. The molecule has 1 atom stereocenters. The largest absolute Gasteiger partial charge is 0.360 e. The van der Waals surface area contributed by atoms with Gasteiger partial charge < -0.3 is 9.84 Å². The number of benzene rings is 1. The maximum Gasteiger partial charge on any atom is 0.278 e. The van der Waals surface area contributed by atoms with Crippen molar-refractivity contribution < 1.29 is 9.32 Å². The molecular formula is C19H24N2O2S. The lowest BCUT2D eigenvalue weighted by Crippen LogP contribution is -2.27. The van der Waals surface area contributed by atoms with Gasteiger partial charge in [-0.15, -0.1) is 11.8 Å². The Balaban J connectivity index is 1.84. The third-order valence-corrected chi connectivity index (χ3v) is 5.63. The second-order valence-corrected chi connectivity index (χ2v) is 8.24. The number of thioether (sulfide) groups is 1. The number of aryl methyl sites for hydroxylation is 1. The Kier molecular flexibility index (Phi) is 4.72. The van der Waals surface area contributed by atoms with Gasteiger partial charge >= 0.3 is 0 Å². The van der Waals surface area contributed by atoms with E-state index in [0.717, 1.165) is 41.2 Å². The molecule has 0 radical (unpaired) electrons. The quantitative estimate of drug-likeness (QED) is 0.813. The molecule has 0 saturated heterocycles. The summed E-state index contributed by atoms with van der Waals surface area (Å²) in [5, 5.41) is 7.06. The predicted octanol–water partition coefficient (Wildman–Crippen LogP) is 4.80. The topological polar surface area (TPSA) is 55.1 Å². The Hall–Kier alpha value is -1.75. The van der Waals surface area contributed by atoms with Gasteiger partial charge in [0.25, 0.3) is 5.91 Å². The monoisotopic (exact) mass is 344 g/mol. The summed E-state index contributed by atoms with van der Waals surface area (Å²) >= 11 is 1.61. The van der Waals surface area contributed by atoms with Crippen LogP contribution in [0.1, 0.15) is 49.0 Å². The maximum atomic E-state index is 12.7. The van der Waals surface area contributed by atoms with E-state index in [-0.39, 0.29) is 11.3 Å². The van der Waals surface area contributed by atoms with E-state index in [0.29, 0.717) is 11.6 Å². The Morgan fingerprint density at radius 3 is 2.79 bits per heavy atom. The fourth-order valence-electron chi connectivity index (χ4n) is 3.25. The summed E-state index contributed by atoms with van der Waals surface area (Å²) in [7, 11) is 0. The molecule has 1 aliphatic rings. The fourth-order valence-corrected chi connectivity index (χ4v) is 3.80. The molecular weight excluding hydrogens is 320 g/mol. The first kappa shape index (κ1) is 17.1. The molecule has 1 amide bonds. The van der Waals surface area contributed by atoms with Crippen molar-refractivity contribution in [3.8, 4) is 0 Å². The van der Waals surface area contributed by atoms with E-state index in [2.05, 4.69) is 31.2 Å². The molecule has 0 saturated carbocycles. The number of hydrogen-bond acceptors (Lipinski definition) is 4. The fraction of sp³-hybridized carbons (Fsp3) is 0.474. The first-order valence-electron chi connectivity index (χ1n) is 8.32. The predicted molar refractivity (Wildman–Crippen MR) is 97.6 cm³/mol. The lowest BCUT2D eigenvalue weighted by Gasteiger charge is -2.33. The summed E-state index contributed by atoms with van der Waals surface area (Å²) in [4.78, 5) is 13.8. The number of nitrogens with one attached hydrogen (secondary N) is 1. The van der Waals surface area contributed by atoms with E-state index in [9.17, 15) is 4.79 Å². The standard InChI is InChI=1S/C19H24N2O2S/c1-19(2,3)12-9-10-15-13(11-12)17(21-23-15)18(22)20-14-7-5-6-8-16(14)24-4/h5-8,12H,9-11H2,1-4H3,(H,20,22)/t12-/m0/s1. The van der Waals surface area contributed by atoms with Gasteiger partial charge in [-0.25, -0.2) is 0 Å². The number of carbonyl (C=O) groups is 1. The minimum Gasteiger partial charge on any atom is -0.360 e. The Labute approximate surface area is 147 Å². The van der Waals surface area contributed by atoms with Crippen LogP contribution in [0.25, 0.3) is 0 Å². The number of carbonyl (C=O) groups excluding carboxylic acids is 1. The molecule has 128 valence electrons. The smallest absolute Gasteiger partial charge is 0.278 e. The van der Waals surface area contributed by atoms with Gasteiger partial charge in [-0.2, -0.15) is 0 Å². The summed E-state index contributed by atoms with van der Waals surface area (Å²) in [5.74, 6) is 1.23. The summed E-state index contributed by atoms with van der Waals surface area (Å²) in [5.41, 5.74) is 2.46. The van der Waals surface area contributed by atoms with Crippen molar-refractivity contribution in [1.82, 2.24) is 5.16 Å². The average Bonchev–Trinajstić information content (AvgIpc) is 2.97. The molecule has 0 unspecified atom stereocenters. The number of para-hydroxylation sites is 1. The van der Waals surface area contributed by atoms with Gasteiger partial charge in [0, 0.05) is 16.9 Å². The second-order valence-electron chi connectivity index (χ2n) is 7.39. The van der Waals surface area contributed by atoms with Crippen LogP contribution in [0.2, 0.25) is 0 Å². The molecule has 1 aliphatic carbocycles. The molecule has 1 aromatic heterocycles. The third kappa shape index (κ3) is 3.36. The Bertz CT molecular complexity index is 746. The van der Waals surface area contributed by atoms with E-state index in [1.807, 2.05) is 30.5 Å². The average molecular weight is 344 g/mol. The van der Waals surface area contributed by atoms with Crippen molar-refractivity contribution in [2.75, 3.05) is 11.6 Å². The highest BCUT2D eigenvalue weighted by Crippen LogP contribution is 2.38. The number of rotatable bonds is 3. The van der Waals surface area contributed by atoms with Crippen LogP contribution in [0.4, 0.5) is 5.69 Å². The van der Waals surface area contributed by atoms with Crippen molar-refractivity contribution in [1.29, 1.82) is 0 Å². The Morgan fingerprint density at radius 2 is 2.08 bits per heavy atom. The van der Waals surface area contributed by atoms with Crippen LogP contribution in [-0.4, -0.2) is 17.3 Å². The summed E-state index contributed by atoms with van der Waals surface area (Å²) in [6.45, 7) is 6.76. The van der Waals surface area contributed by atoms with Crippen LogP contribution >= 0.6 is 11.8 Å².